The Kier molecular flexibility index (Phi) is 4.88. The van der Waals surface area contributed by atoms with Gasteiger partial charge in [0.1, 0.15) is 24.7 Å². The summed E-state index contributed by atoms with van der Waals surface area (Å²) in [5.41, 5.74) is 4.65. The highest BCUT2D eigenvalue weighted by molar-refractivity contribution is 5.75. The molecule has 0 amide bonds. The van der Waals surface area contributed by atoms with Gasteiger partial charge >= 0.3 is 0 Å². The largest absolute Gasteiger partial charge is 0.366 e. The van der Waals surface area contributed by atoms with Crippen LogP contribution in [-0.4, -0.2) is 40.2 Å². The molecule has 5 nitrogen and oxygen atoms in total. The van der Waals surface area contributed by atoms with Crippen LogP contribution in [-0.2, 0) is 17.9 Å². The van der Waals surface area contributed by atoms with Crippen LogP contribution in [0.5, 0.6) is 0 Å². The standard InChI is InChI=1S/C21H21FN4O/c1-14-5-6-18-19(7-14)25-21(24-18)13-27-20-12-26(11-17(20)22)10-16-4-2-3-15(8-16)9-23/h2-8,17,20H,10-13H2,1H3,(H,24,25). The molecule has 0 spiro atoms. The number of nitriles is 1. The lowest BCUT2D eigenvalue weighted by Gasteiger charge is -2.15. The van der Waals surface area contributed by atoms with E-state index in [1.165, 1.54) is 0 Å². The lowest BCUT2D eigenvalue weighted by Crippen LogP contribution is -2.24. The summed E-state index contributed by atoms with van der Waals surface area (Å²) in [5, 5.41) is 9.00. The summed E-state index contributed by atoms with van der Waals surface area (Å²) in [4.78, 5) is 9.76. The molecule has 2 aromatic carbocycles. The summed E-state index contributed by atoms with van der Waals surface area (Å²) in [6.07, 6.45) is -1.50. The minimum absolute atomic E-state index is 0.260. The van der Waals surface area contributed by atoms with E-state index in [0.717, 1.165) is 22.2 Å². The number of hydrogen-bond donors (Lipinski definition) is 1. The molecule has 0 bridgehead atoms. The number of fused-ring (bicyclic) bond motifs is 1. The van der Waals surface area contributed by atoms with Crippen LogP contribution in [0.3, 0.4) is 0 Å². The van der Waals surface area contributed by atoms with Crippen LogP contribution < -0.4 is 0 Å². The monoisotopic (exact) mass is 364 g/mol. The Balaban J connectivity index is 1.36. The summed E-state index contributed by atoms with van der Waals surface area (Å²) in [7, 11) is 0. The van der Waals surface area contributed by atoms with Crippen molar-refractivity contribution in [1.29, 1.82) is 5.26 Å². The molecule has 1 aromatic heterocycles. The third-order valence-electron chi connectivity index (χ3n) is 4.86. The number of imidazole rings is 1. The highest BCUT2D eigenvalue weighted by Crippen LogP contribution is 2.21. The number of nitrogens with one attached hydrogen (secondary N) is 1. The summed E-state index contributed by atoms with van der Waals surface area (Å²) in [6, 6.07) is 15.6. The number of likely N-dealkylation sites (tertiary alicyclic amines) is 1. The van der Waals surface area contributed by atoms with Gasteiger partial charge in [0, 0.05) is 19.6 Å². The fourth-order valence-corrected chi connectivity index (χ4v) is 3.52. The van der Waals surface area contributed by atoms with Crippen molar-refractivity contribution < 1.29 is 9.13 Å². The number of ether oxygens (including phenoxy) is 1. The number of H-pyrrole nitrogens is 1. The zero-order valence-corrected chi connectivity index (χ0v) is 15.2. The van der Waals surface area contributed by atoms with Crippen LogP contribution in [0.25, 0.3) is 11.0 Å². The molecule has 1 fully saturated rings. The Hall–Kier alpha value is -2.75. The average Bonchev–Trinajstić information content (AvgIpc) is 3.22. The number of halogens is 1. The van der Waals surface area contributed by atoms with Gasteiger partial charge in [0.25, 0.3) is 0 Å². The number of hydrogen-bond acceptors (Lipinski definition) is 4. The molecular formula is C21H21FN4O. The minimum Gasteiger partial charge on any atom is -0.366 e. The molecule has 2 unspecified atom stereocenters. The molecule has 1 saturated heterocycles. The van der Waals surface area contributed by atoms with Crippen LogP contribution in [0.15, 0.2) is 42.5 Å². The number of alkyl halides is 1. The summed E-state index contributed by atoms with van der Waals surface area (Å²) >= 11 is 0. The van der Waals surface area contributed by atoms with Crippen molar-refractivity contribution in [2.45, 2.75) is 32.4 Å². The normalized spacial score (nSPS) is 20.2. The first-order chi connectivity index (χ1) is 13.1. The van der Waals surface area contributed by atoms with Gasteiger partial charge in [-0.25, -0.2) is 9.37 Å². The summed E-state index contributed by atoms with van der Waals surface area (Å²) in [5.74, 6) is 0.711. The van der Waals surface area contributed by atoms with Crippen LogP contribution in [0.2, 0.25) is 0 Å². The first kappa shape index (κ1) is 17.7. The van der Waals surface area contributed by atoms with Crippen LogP contribution in [0, 0.1) is 18.3 Å². The van der Waals surface area contributed by atoms with E-state index in [1.807, 2.05) is 48.2 Å². The van der Waals surface area contributed by atoms with Gasteiger partial charge < -0.3 is 9.72 Å². The molecule has 1 aliphatic rings. The topological polar surface area (TPSA) is 64.9 Å². The number of nitrogens with zero attached hydrogens (tertiary/aromatic N) is 3. The van der Waals surface area contributed by atoms with E-state index in [0.29, 0.717) is 31.0 Å². The second-order valence-corrected chi connectivity index (χ2v) is 7.08. The van der Waals surface area contributed by atoms with Crippen molar-refractivity contribution in [3.63, 3.8) is 0 Å². The molecule has 1 N–H and O–H groups in total. The smallest absolute Gasteiger partial charge is 0.140 e. The maximum atomic E-state index is 14.4. The molecule has 2 heterocycles. The van der Waals surface area contributed by atoms with E-state index in [2.05, 4.69) is 16.0 Å². The molecule has 6 heteroatoms. The second kappa shape index (κ2) is 7.47. The Morgan fingerprint density at radius 3 is 3.04 bits per heavy atom. The molecule has 138 valence electrons. The van der Waals surface area contributed by atoms with Crippen LogP contribution in [0.4, 0.5) is 4.39 Å². The number of aromatic amines is 1. The number of benzene rings is 2. The first-order valence-electron chi connectivity index (χ1n) is 9.03. The first-order valence-corrected chi connectivity index (χ1v) is 9.03. The molecule has 0 saturated carbocycles. The zero-order chi connectivity index (χ0) is 18.8. The van der Waals surface area contributed by atoms with Crippen LogP contribution >= 0.6 is 0 Å². The van der Waals surface area contributed by atoms with E-state index in [4.69, 9.17) is 10.00 Å². The highest BCUT2D eigenvalue weighted by atomic mass is 19.1. The molecular weight excluding hydrogens is 343 g/mol. The quantitative estimate of drug-likeness (QED) is 0.753. The fourth-order valence-electron chi connectivity index (χ4n) is 3.52. The lowest BCUT2D eigenvalue weighted by molar-refractivity contribution is 0.00864. The number of aromatic nitrogens is 2. The minimum atomic E-state index is -1.03. The van der Waals surface area contributed by atoms with Gasteiger partial charge in [-0.15, -0.1) is 0 Å². The molecule has 1 aliphatic heterocycles. The van der Waals surface area contributed by atoms with E-state index >= 15 is 0 Å². The third-order valence-corrected chi connectivity index (χ3v) is 4.86. The Morgan fingerprint density at radius 2 is 2.19 bits per heavy atom. The van der Waals surface area contributed by atoms with Crippen molar-refractivity contribution in [1.82, 2.24) is 14.9 Å². The lowest BCUT2D eigenvalue weighted by atomic mass is 10.1. The van der Waals surface area contributed by atoms with Gasteiger partial charge in [-0.2, -0.15) is 5.26 Å². The van der Waals surface area contributed by atoms with E-state index < -0.39 is 12.3 Å². The molecule has 27 heavy (non-hydrogen) atoms. The van der Waals surface area contributed by atoms with Gasteiger partial charge in [-0.05, 0) is 42.3 Å². The van der Waals surface area contributed by atoms with Crippen molar-refractivity contribution >= 4 is 11.0 Å². The van der Waals surface area contributed by atoms with E-state index in [9.17, 15) is 4.39 Å². The molecule has 2 atom stereocenters. The van der Waals surface area contributed by atoms with Crippen LogP contribution in [0.1, 0.15) is 22.5 Å². The highest BCUT2D eigenvalue weighted by Gasteiger charge is 2.33. The van der Waals surface area contributed by atoms with E-state index in [-0.39, 0.29) is 6.61 Å². The maximum absolute atomic E-state index is 14.4. The number of aryl methyl sites for hydroxylation is 1. The second-order valence-electron chi connectivity index (χ2n) is 7.08. The fraction of sp³-hybridized carbons (Fsp3) is 0.333. The average molecular weight is 364 g/mol. The van der Waals surface area contributed by atoms with Gasteiger partial charge in [0.15, 0.2) is 0 Å². The predicted octanol–water partition coefficient (Wildman–Crippen LogP) is 3.48. The van der Waals surface area contributed by atoms with Gasteiger partial charge in [0.05, 0.1) is 22.7 Å². The Bertz CT molecular complexity index is 993. The Labute approximate surface area is 157 Å². The molecule has 3 aromatic rings. The summed E-state index contributed by atoms with van der Waals surface area (Å²) < 4.78 is 20.2. The van der Waals surface area contributed by atoms with Gasteiger partial charge in [0.2, 0.25) is 0 Å². The van der Waals surface area contributed by atoms with Crippen molar-refractivity contribution in [2.24, 2.45) is 0 Å². The van der Waals surface area contributed by atoms with Gasteiger partial charge in [-0.3, -0.25) is 4.90 Å². The third kappa shape index (κ3) is 4.00. The van der Waals surface area contributed by atoms with Crippen molar-refractivity contribution in [3.8, 4) is 6.07 Å². The molecule has 0 aliphatic carbocycles. The van der Waals surface area contributed by atoms with Crippen molar-refractivity contribution in [2.75, 3.05) is 13.1 Å². The molecule has 0 radical (unpaired) electrons. The zero-order valence-electron chi connectivity index (χ0n) is 15.2. The predicted molar refractivity (Wildman–Crippen MR) is 101 cm³/mol. The van der Waals surface area contributed by atoms with Gasteiger partial charge in [-0.1, -0.05) is 18.2 Å². The maximum Gasteiger partial charge on any atom is 0.140 e. The van der Waals surface area contributed by atoms with Crippen molar-refractivity contribution in [3.05, 3.63) is 65.0 Å². The van der Waals surface area contributed by atoms with E-state index in [1.54, 1.807) is 6.07 Å². The number of rotatable bonds is 5. The SMILES string of the molecule is Cc1ccc2nc(COC3CN(Cc4cccc(C#N)c4)CC3F)[nH]c2c1. The Morgan fingerprint density at radius 1 is 1.30 bits per heavy atom. The molecule has 4 rings (SSSR count). The summed E-state index contributed by atoms with van der Waals surface area (Å²) in [6.45, 7) is 3.76.